The molecular formula is C15H12NO4-. The van der Waals surface area contributed by atoms with Gasteiger partial charge in [0.15, 0.2) is 0 Å². The zero-order valence-electron chi connectivity index (χ0n) is 10.6. The van der Waals surface area contributed by atoms with Crippen molar-refractivity contribution < 1.29 is 19.5 Å². The van der Waals surface area contributed by atoms with Gasteiger partial charge in [-0.25, -0.2) is 0 Å². The fourth-order valence-electron chi connectivity index (χ4n) is 2.83. The van der Waals surface area contributed by atoms with Gasteiger partial charge < -0.3 is 9.90 Å². The Hall–Kier alpha value is -2.43. The van der Waals surface area contributed by atoms with Crippen LogP contribution in [0.15, 0.2) is 36.4 Å². The van der Waals surface area contributed by atoms with E-state index < -0.39 is 5.97 Å². The fraction of sp³-hybridized carbons (Fsp3) is 0.267. The van der Waals surface area contributed by atoms with E-state index in [2.05, 4.69) is 0 Å². The largest absolute Gasteiger partial charge is 0.545 e. The van der Waals surface area contributed by atoms with E-state index in [1.165, 1.54) is 18.2 Å². The molecule has 0 saturated carbocycles. The molecule has 1 aromatic carbocycles. The molecule has 2 aliphatic rings. The van der Waals surface area contributed by atoms with Crippen molar-refractivity contribution in [2.75, 3.05) is 4.90 Å². The lowest BCUT2D eigenvalue weighted by Crippen LogP contribution is -2.31. The lowest BCUT2D eigenvalue weighted by molar-refractivity contribution is -0.255. The maximum atomic E-state index is 12.3. The van der Waals surface area contributed by atoms with E-state index in [1.54, 1.807) is 6.07 Å². The zero-order chi connectivity index (χ0) is 14.3. The number of amides is 2. The van der Waals surface area contributed by atoms with E-state index in [1.807, 2.05) is 12.2 Å². The Labute approximate surface area is 115 Å². The van der Waals surface area contributed by atoms with Crippen LogP contribution in [-0.2, 0) is 9.59 Å². The van der Waals surface area contributed by atoms with Crippen molar-refractivity contribution in [1.29, 1.82) is 0 Å². The van der Waals surface area contributed by atoms with Crippen LogP contribution in [-0.4, -0.2) is 17.8 Å². The number of rotatable bonds is 2. The Morgan fingerprint density at radius 2 is 1.70 bits per heavy atom. The quantitative estimate of drug-likeness (QED) is 0.579. The summed E-state index contributed by atoms with van der Waals surface area (Å²) >= 11 is 0. The van der Waals surface area contributed by atoms with Gasteiger partial charge in [0.1, 0.15) is 0 Å². The van der Waals surface area contributed by atoms with E-state index in [0.717, 1.165) is 4.90 Å². The standard InChI is InChI=1S/C15H13NO4/c17-13-11-6-1-2-7-12(11)14(18)16(13)10-5-3-4-9(8-10)15(19)20/h1-5,8,11-12H,6-7H2,(H,19,20)/p-1/t11-,12+. The first-order valence-electron chi connectivity index (χ1n) is 6.44. The SMILES string of the molecule is O=C([O-])c1cccc(N2C(=O)[C@H]3CC=CC[C@H]3C2=O)c1. The Kier molecular flexibility index (Phi) is 2.89. The van der Waals surface area contributed by atoms with Crippen LogP contribution in [0.5, 0.6) is 0 Å². The first kappa shape index (κ1) is 12.6. The summed E-state index contributed by atoms with van der Waals surface area (Å²) in [4.78, 5) is 36.7. The van der Waals surface area contributed by atoms with Gasteiger partial charge in [-0.15, -0.1) is 0 Å². The van der Waals surface area contributed by atoms with Crippen molar-refractivity contribution in [2.45, 2.75) is 12.8 Å². The molecule has 0 unspecified atom stereocenters. The molecule has 0 radical (unpaired) electrons. The minimum Gasteiger partial charge on any atom is -0.545 e. The maximum absolute atomic E-state index is 12.3. The molecule has 1 aliphatic carbocycles. The van der Waals surface area contributed by atoms with Crippen molar-refractivity contribution in [1.82, 2.24) is 0 Å². The second-order valence-electron chi connectivity index (χ2n) is 5.01. The monoisotopic (exact) mass is 270 g/mol. The molecule has 0 spiro atoms. The smallest absolute Gasteiger partial charge is 0.238 e. The first-order chi connectivity index (χ1) is 9.59. The van der Waals surface area contributed by atoms with E-state index in [0.29, 0.717) is 18.5 Å². The minimum atomic E-state index is -1.33. The summed E-state index contributed by atoms with van der Waals surface area (Å²) < 4.78 is 0. The molecule has 2 amide bonds. The number of nitrogens with zero attached hydrogens (tertiary/aromatic N) is 1. The van der Waals surface area contributed by atoms with Gasteiger partial charge in [0.05, 0.1) is 23.5 Å². The van der Waals surface area contributed by atoms with Crippen LogP contribution in [0.2, 0.25) is 0 Å². The highest BCUT2D eigenvalue weighted by Crippen LogP contribution is 2.37. The molecule has 102 valence electrons. The predicted molar refractivity (Wildman–Crippen MR) is 68.6 cm³/mol. The lowest BCUT2D eigenvalue weighted by Gasteiger charge is -2.16. The molecule has 20 heavy (non-hydrogen) atoms. The Balaban J connectivity index is 1.98. The highest BCUT2D eigenvalue weighted by molar-refractivity contribution is 6.22. The molecule has 3 rings (SSSR count). The van der Waals surface area contributed by atoms with E-state index in [9.17, 15) is 19.5 Å². The average molecular weight is 270 g/mol. The van der Waals surface area contributed by atoms with Gasteiger partial charge >= 0.3 is 0 Å². The van der Waals surface area contributed by atoms with Crippen molar-refractivity contribution in [3.8, 4) is 0 Å². The van der Waals surface area contributed by atoms with Gasteiger partial charge in [0.25, 0.3) is 0 Å². The third-order valence-corrected chi connectivity index (χ3v) is 3.85. The van der Waals surface area contributed by atoms with Crippen molar-refractivity contribution in [2.24, 2.45) is 11.8 Å². The number of carbonyl (C=O) groups is 3. The number of hydrogen-bond donors (Lipinski definition) is 0. The highest BCUT2D eigenvalue weighted by atomic mass is 16.4. The molecule has 0 bridgehead atoms. The summed E-state index contributed by atoms with van der Waals surface area (Å²) in [7, 11) is 0. The van der Waals surface area contributed by atoms with Crippen molar-refractivity contribution >= 4 is 23.5 Å². The third-order valence-electron chi connectivity index (χ3n) is 3.85. The third kappa shape index (κ3) is 1.82. The topological polar surface area (TPSA) is 77.5 Å². The molecule has 5 nitrogen and oxygen atoms in total. The number of aromatic carboxylic acids is 1. The molecule has 2 atom stereocenters. The summed E-state index contributed by atoms with van der Waals surface area (Å²) in [5, 5.41) is 10.9. The summed E-state index contributed by atoms with van der Waals surface area (Å²) in [6.45, 7) is 0. The lowest BCUT2D eigenvalue weighted by atomic mass is 9.85. The predicted octanol–water partition coefficient (Wildman–Crippen LogP) is 0.506. The fourth-order valence-corrected chi connectivity index (χ4v) is 2.83. The van der Waals surface area contributed by atoms with Gasteiger partial charge in [-0.05, 0) is 30.5 Å². The minimum absolute atomic E-state index is 0.0453. The number of benzene rings is 1. The maximum Gasteiger partial charge on any atom is 0.238 e. The number of carboxylic acid groups (broad SMARTS) is 1. The molecule has 0 N–H and O–H groups in total. The zero-order valence-corrected chi connectivity index (χ0v) is 10.6. The van der Waals surface area contributed by atoms with E-state index in [4.69, 9.17) is 0 Å². The molecule has 1 aromatic rings. The van der Waals surface area contributed by atoms with Gasteiger partial charge in [0, 0.05) is 0 Å². The number of fused-ring (bicyclic) bond motifs is 1. The van der Waals surface area contributed by atoms with E-state index >= 15 is 0 Å². The van der Waals surface area contributed by atoms with Crippen molar-refractivity contribution in [3.05, 3.63) is 42.0 Å². The normalized spacial score (nSPS) is 24.9. The van der Waals surface area contributed by atoms with Crippen LogP contribution in [0.25, 0.3) is 0 Å². The first-order valence-corrected chi connectivity index (χ1v) is 6.44. The Morgan fingerprint density at radius 1 is 1.10 bits per heavy atom. The van der Waals surface area contributed by atoms with Crippen LogP contribution in [0.4, 0.5) is 5.69 Å². The van der Waals surface area contributed by atoms with Gasteiger partial charge in [0.2, 0.25) is 11.8 Å². The number of carboxylic acids is 1. The van der Waals surface area contributed by atoms with Crippen LogP contribution >= 0.6 is 0 Å². The molecule has 1 aliphatic heterocycles. The molecule has 1 saturated heterocycles. The molecular weight excluding hydrogens is 258 g/mol. The molecule has 1 fully saturated rings. The van der Waals surface area contributed by atoms with Crippen molar-refractivity contribution in [3.63, 3.8) is 0 Å². The second-order valence-corrected chi connectivity index (χ2v) is 5.01. The summed E-state index contributed by atoms with van der Waals surface area (Å²) in [5.41, 5.74) is 0.257. The second kappa shape index (κ2) is 4.59. The van der Waals surface area contributed by atoms with Gasteiger partial charge in [-0.1, -0.05) is 24.3 Å². The number of anilines is 1. The number of imide groups is 1. The van der Waals surface area contributed by atoms with Gasteiger partial charge in [-0.3, -0.25) is 14.5 Å². The van der Waals surface area contributed by atoms with Crippen LogP contribution in [0, 0.1) is 11.8 Å². The number of carbonyl (C=O) groups excluding carboxylic acids is 3. The molecule has 0 aromatic heterocycles. The highest BCUT2D eigenvalue weighted by Gasteiger charge is 2.47. The average Bonchev–Trinajstić information content (AvgIpc) is 2.72. The van der Waals surface area contributed by atoms with Gasteiger partial charge in [-0.2, -0.15) is 0 Å². The van der Waals surface area contributed by atoms with Crippen LogP contribution < -0.4 is 10.0 Å². The number of hydrogen-bond acceptors (Lipinski definition) is 4. The summed E-state index contributed by atoms with van der Waals surface area (Å²) in [5.74, 6) is -2.47. The Morgan fingerprint density at radius 3 is 2.25 bits per heavy atom. The Bertz CT molecular complexity index is 609. The summed E-state index contributed by atoms with van der Waals surface area (Å²) in [6.07, 6.45) is 4.94. The van der Waals surface area contributed by atoms with Crippen LogP contribution in [0.3, 0.4) is 0 Å². The summed E-state index contributed by atoms with van der Waals surface area (Å²) in [6, 6.07) is 5.74. The van der Waals surface area contributed by atoms with E-state index in [-0.39, 0.29) is 29.2 Å². The molecule has 1 heterocycles. The molecule has 5 heteroatoms. The van der Waals surface area contributed by atoms with Crippen LogP contribution in [0.1, 0.15) is 23.2 Å². The number of allylic oxidation sites excluding steroid dienone is 2.